The Bertz CT molecular complexity index is 136. The Morgan fingerprint density at radius 1 is 1.89 bits per heavy atom. The summed E-state index contributed by atoms with van der Waals surface area (Å²) < 4.78 is 15.1. The molecule has 1 N–H and O–H groups in total. The normalized spacial score (nSPS) is 16.8. The summed E-state index contributed by atoms with van der Waals surface area (Å²) in [4.78, 5) is 8.89. The molecule has 0 aromatic carbocycles. The molecule has 9 heavy (non-hydrogen) atoms. The molecule has 0 bridgehead atoms. The third-order valence-electron chi connectivity index (χ3n) is 0.794. The molecule has 0 aromatic heterocycles. The molecule has 0 spiro atoms. The second-order valence-corrected chi connectivity index (χ2v) is 3.70. The van der Waals surface area contributed by atoms with Gasteiger partial charge in [0.05, 0.1) is 0 Å². The van der Waals surface area contributed by atoms with Gasteiger partial charge in [-0.15, -0.1) is 0 Å². The van der Waals surface area contributed by atoms with E-state index in [2.05, 4.69) is 11.1 Å². The predicted molar refractivity (Wildman–Crippen MR) is 36.6 cm³/mol. The van der Waals surface area contributed by atoms with E-state index in [1.165, 1.54) is 6.08 Å². The monoisotopic (exact) mass is 142 g/mol. The van der Waals surface area contributed by atoms with E-state index in [0.717, 1.165) is 0 Å². The molecule has 0 amide bonds. The quantitative estimate of drug-likeness (QED) is 0.353. The van der Waals surface area contributed by atoms with Crippen molar-refractivity contribution in [1.29, 1.82) is 0 Å². The number of rotatable bonds is 4. The van der Waals surface area contributed by atoms with Crippen LogP contribution in [0, 0.1) is 0 Å². The number of hydrogen-bond acceptors (Lipinski definition) is 2. The molecule has 0 radical (unpaired) electrons. The second kappa shape index (κ2) is 4.33. The van der Waals surface area contributed by atoms with Gasteiger partial charge in [-0.1, -0.05) is 0 Å². The van der Waals surface area contributed by atoms with E-state index in [4.69, 9.17) is 4.89 Å². The van der Waals surface area contributed by atoms with Crippen molar-refractivity contribution >= 4 is 25.3 Å². The molecule has 1 unspecified atom stereocenters. The zero-order valence-electron chi connectivity index (χ0n) is 5.41. The molecule has 0 aliphatic rings. The Labute approximate surface area is 63.8 Å². The van der Waals surface area contributed by atoms with Crippen LogP contribution in [0.1, 0.15) is 0 Å². The maximum atomic E-state index is 10.6. The summed E-state index contributed by atoms with van der Waals surface area (Å²) in [6, 6.07) is 0. The molecule has 1 atom stereocenters. The zero-order valence-corrected chi connectivity index (χ0v) is 6.30. The third-order valence-corrected chi connectivity index (χ3v) is 2.15. The molecule has 0 aliphatic heterocycles. The van der Waals surface area contributed by atoms with Gasteiger partial charge >= 0.3 is 63.4 Å². The summed E-state index contributed by atoms with van der Waals surface area (Å²) in [5, 5.41) is 0. The van der Waals surface area contributed by atoms with E-state index in [-0.39, 0.29) is 11.4 Å². The van der Waals surface area contributed by atoms with Crippen molar-refractivity contribution in [2.24, 2.45) is 0 Å². The molecule has 0 heterocycles. The fourth-order valence-electron chi connectivity index (χ4n) is 0.260. The van der Waals surface area contributed by atoms with Gasteiger partial charge in [0.1, 0.15) is 0 Å². The van der Waals surface area contributed by atoms with Crippen molar-refractivity contribution in [3.05, 3.63) is 12.7 Å². The van der Waals surface area contributed by atoms with E-state index in [0.29, 0.717) is 0 Å². The van der Waals surface area contributed by atoms with Crippen LogP contribution in [-0.2, 0) is 9.09 Å². The molecule has 3 nitrogen and oxygen atoms in total. The van der Waals surface area contributed by atoms with Crippen LogP contribution in [0.5, 0.6) is 0 Å². The van der Waals surface area contributed by atoms with Crippen molar-refractivity contribution in [3.8, 4) is 0 Å². The Hall–Kier alpha value is 0.487. The summed E-state index contributed by atoms with van der Waals surface area (Å²) in [6.07, 6.45) is 1.44. The van der Waals surface area contributed by atoms with Crippen LogP contribution in [0.3, 0.4) is 0 Å². The van der Waals surface area contributed by atoms with Crippen LogP contribution in [0.2, 0.25) is 0 Å². The molecule has 0 saturated heterocycles. The van der Waals surface area contributed by atoms with E-state index < -0.39 is 7.60 Å². The molecular formula is C4H8LiO3P. The van der Waals surface area contributed by atoms with Gasteiger partial charge in [0.2, 0.25) is 0 Å². The van der Waals surface area contributed by atoms with Crippen LogP contribution in [0.4, 0.5) is 0 Å². The number of hydrogen-bond donors (Lipinski definition) is 1. The molecule has 0 aromatic rings. The third kappa shape index (κ3) is 4.96. The van der Waals surface area contributed by atoms with Crippen LogP contribution in [0.25, 0.3) is 0 Å². The zero-order chi connectivity index (χ0) is 7.33. The summed E-state index contributed by atoms with van der Waals surface area (Å²) in [6.45, 7) is 3.48. The van der Waals surface area contributed by atoms with Gasteiger partial charge in [-0.2, -0.15) is 0 Å². The maximum absolute atomic E-state index is 10.6. The minimum atomic E-state index is -3.26. The molecule has 0 aliphatic carbocycles. The van der Waals surface area contributed by atoms with Gasteiger partial charge < -0.3 is 0 Å². The van der Waals surface area contributed by atoms with Crippen molar-refractivity contribution < 1.29 is 14.0 Å². The molecule has 0 saturated carbocycles. The first-order valence-corrected chi connectivity index (χ1v) is 4.46. The van der Waals surface area contributed by atoms with Gasteiger partial charge in [-0.25, -0.2) is 0 Å². The SMILES string of the molecule is [Li][CH2]P(=O)(O)OCC=C. The molecule has 0 rings (SSSR count). The Balaban J connectivity index is 3.58. The Kier molecular flexibility index (Phi) is 4.56. The Morgan fingerprint density at radius 3 is 2.78 bits per heavy atom. The summed E-state index contributed by atoms with van der Waals surface area (Å²) in [5.41, 5.74) is 0. The summed E-state index contributed by atoms with van der Waals surface area (Å²) in [7, 11) is -3.26. The standard InChI is InChI=1S/C4H8O3P.Li/c1-3-4-7-8(2,5)6;/h3H,1-2,4H2,(H,5,6);. The molecular weight excluding hydrogens is 134 g/mol. The van der Waals surface area contributed by atoms with Crippen LogP contribution < -0.4 is 0 Å². The van der Waals surface area contributed by atoms with Gasteiger partial charge in [0.15, 0.2) is 0 Å². The first kappa shape index (κ1) is 9.49. The van der Waals surface area contributed by atoms with Gasteiger partial charge in [-0.05, 0) is 0 Å². The first-order valence-electron chi connectivity index (χ1n) is 2.69. The van der Waals surface area contributed by atoms with Crippen LogP contribution in [0.15, 0.2) is 12.7 Å². The topological polar surface area (TPSA) is 46.5 Å². The molecule has 48 valence electrons. The average molecular weight is 142 g/mol. The first-order chi connectivity index (χ1) is 4.12. The van der Waals surface area contributed by atoms with Crippen molar-refractivity contribution in [3.63, 3.8) is 0 Å². The summed E-state index contributed by atoms with van der Waals surface area (Å²) in [5.74, 6) is 0. The Morgan fingerprint density at radius 2 is 2.44 bits per heavy atom. The fraction of sp³-hybridized carbons (Fsp3) is 0.500. The predicted octanol–water partition coefficient (Wildman–Crippen LogP) is 0.500. The summed E-state index contributed by atoms with van der Waals surface area (Å²) >= 11 is 1.60. The van der Waals surface area contributed by atoms with E-state index in [9.17, 15) is 4.57 Å². The second-order valence-electron chi connectivity index (χ2n) is 1.54. The average Bonchev–Trinajstić information content (AvgIpc) is 1.84. The van der Waals surface area contributed by atoms with E-state index >= 15 is 0 Å². The van der Waals surface area contributed by atoms with E-state index in [1.807, 2.05) is 0 Å². The van der Waals surface area contributed by atoms with Gasteiger partial charge in [0.25, 0.3) is 0 Å². The molecule has 0 fully saturated rings. The van der Waals surface area contributed by atoms with Crippen molar-refractivity contribution in [1.82, 2.24) is 0 Å². The van der Waals surface area contributed by atoms with Crippen LogP contribution >= 0.6 is 7.60 Å². The van der Waals surface area contributed by atoms with Crippen molar-refractivity contribution in [2.45, 2.75) is 0 Å². The fourth-order valence-corrected chi connectivity index (χ4v) is 0.781. The van der Waals surface area contributed by atoms with Crippen LogP contribution in [-0.4, -0.2) is 34.1 Å². The van der Waals surface area contributed by atoms with Gasteiger partial charge in [-0.3, -0.25) is 0 Å². The van der Waals surface area contributed by atoms with Gasteiger partial charge in [0, 0.05) is 0 Å². The minimum absolute atomic E-state index is 0.140. The van der Waals surface area contributed by atoms with Crippen molar-refractivity contribution in [2.75, 3.05) is 11.4 Å². The van der Waals surface area contributed by atoms with E-state index in [1.54, 1.807) is 17.7 Å². The molecule has 5 heteroatoms.